The lowest BCUT2D eigenvalue weighted by atomic mass is 9.98. The highest BCUT2D eigenvalue weighted by molar-refractivity contribution is 5.46. The van der Waals surface area contributed by atoms with Crippen molar-refractivity contribution in [3.63, 3.8) is 0 Å². The number of nitrogens with zero attached hydrogens (tertiary/aromatic N) is 1. The summed E-state index contributed by atoms with van der Waals surface area (Å²) in [6.45, 7) is 0. The molecule has 1 aromatic rings. The van der Waals surface area contributed by atoms with E-state index in [1.807, 2.05) is 0 Å². The number of rotatable bonds is 4. The van der Waals surface area contributed by atoms with Gasteiger partial charge in [-0.2, -0.15) is 13.2 Å². The Morgan fingerprint density at radius 2 is 1.86 bits per heavy atom. The fraction of sp³-hybridized carbons (Fsp3) is 0.571. The Bertz CT molecular complexity index is 511. The summed E-state index contributed by atoms with van der Waals surface area (Å²) in [5.74, 6) is 0.127. The zero-order valence-electron chi connectivity index (χ0n) is 11.7. The Labute approximate surface area is 120 Å². The highest BCUT2D eigenvalue weighted by Gasteiger charge is 2.41. The summed E-state index contributed by atoms with van der Waals surface area (Å²) < 4.78 is 44.7. The van der Waals surface area contributed by atoms with Crippen molar-refractivity contribution >= 4 is 5.69 Å². The molecule has 0 spiro atoms. The lowest BCUT2D eigenvalue weighted by Gasteiger charge is -2.23. The van der Waals surface area contributed by atoms with Crippen LogP contribution in [0, 0.1) is 4.91 Å². The Morgan fingerprint density at radius 3 is 2.43 bits per heavy atom. The van der Waals surface area contributed by atoms with Gasteiger partial charge in [0.2, 0.25) is 0 Å². The third-order valence-electron chi connectivity index (χ3n) is 3.49. The average Bonchev–Trinajstić information content (AvgIpc) is 2.46. The molecule has 0 aliphatic heterocycles. The Hall–Kier alpha value is -1.79. The van der Waals surface area contributed by atoms with Gasteiger partial charge in [0, 0.05) is 6.07 Å². The van der Waals surface area contributed by atoms with E-state index in [2.05, 4.69) is 4.84 Å². The fourth-order valence-electron chi connectivity index (χ4n) is 2.45. The number of ether oxygens (including phenoxy) is 1. The van der Waals surface area contributed by atoms with Gasteiger partial charge in [-0.15, -0.1) is 0 Å². The van der Waals surface area contributed by atoms with Gasteiger partial charge >= 0.3 is 11.9 Å². The first-order valence-corrected chi connectivity index (χ1v) is 6.81. The fourth-order valence-corrected chi connectivity index (χ4v) is 2.45. The van der Waals surface area contributed by atoms with Crippen LogP contribution in [-0.4, -0.2) is 18.1 Å². The molecule has 0 amide bonds. The van der Waals surface area contributed by atoms with E-state index >= 15 is 0 Å². The summed E-state index contributed by atoms with van der Waals surface area (Å²) >= 11 is 0. The average molecular weight is 304 g/mol. The van der Waals surface area contributed by atoms with Gasteiger partial charge in [-0.1, -0.05) is 6.42 Å². The summed E-state index contributed by atoms with van der Waals surface area (Å²) in [6, 6.07) is 3.29. The molecular weight excluding hydrogens is 287 g/mol. The Morgan fingerprint density at radius 1 is 1.19 bits per heavy atom. The summed E-state index contributed by atoms with van der Waals surface area (Å²) in [5.41, 5.74) is -1.64. The van der Waals surface area contributed by atoms with Crippen LogP contribution in [0.5, 0.6) is 5.75 Å². The number of hydrogen-bond donors (Lipinski definition) is 0. The summed E-state index contributed by atoms with van der Waals surface area (Å²) in [4.78, 5) is 15.5. The lowest BCUT2D eigenvalue weighted by Crippen LogP contribution is -2.20. The Balaban J connectivity index is 2.26. The first-order chi connectivity index (χ1) is 9.91. The molecule has 1 fully saturated rings. The molecule has 21 heavy (non-hydrogen) atoms. The van der Waals surface area contributed by atoms with Crippen LogP contribution >= 0.6 is 0 Å². The van der Waals surface area contributed by atoms with Crippen molar-refractivity contribution in [3.8, 4) is 5.75 Å². The van der Waals surface area contributed by atoms with E-state index in [4.69, 9.17) is 4.74 Å². The summed E-state index contributed by atoms with van der Waals surface area (Å²) in [5, 5.41) is 0. The van der Waals surface area contributed by atoms with Crippen LogP contribution in [0.25, 0.3) is 0 Å². The second-order valence-corrected chi connectivity index (χ2v) is 4.99. The van der Waals surface area contributed by atoms with Gasteiger partial charge in [-0.3, -0.25) is 0 Å². The second kappa shape index (κ2) is 6.32. The van der Waals surface area contributed by atoms with Crippen LogP contribution in [0.1, 0.15) is 37.7 Å². The maximum atomic E-state index is 13.0. The van der Waals surface area contributed by atoms with Crippen LogP contribution in [-0.2, 0) is 11.0 Å². The topological polar surface area (TPSA) is 38.5 Å². The molecule has 0 unspecified atom stereocenters. The molecule has 2 rings (SSSR count). The Kier molecular flexibility index (Phi) is 4.69. The molecule has 0 atom stereocenters. The predicted molar refractivity (Wildman–Crippen MR) is 69.2 cm³/mol. The van der Waals surface area contributed by atoms with Gasteiger partial charge in [0.15, 0.2) is 7.11 Å². The van der Waals surface area contributed by atoms with Gasteiger partial charge < -0.3 is 4.74 Å². The summed E-state index contributed by atoms with van der Waals surface area (Å²) in [7, 11) is 1.01. The molecule has 116 valence electrons. The van der Waals surface area contributed by atoms with Crippen LogP contribution in [0.15, 0.2) is 18.2 Å². The van der Waals surface area contributed by atoms with Crippen LogP contribution < -0.4 is 4.74 Å². The quantitative estimate of drug-likeness (QED) is 0.774. The van der Waals surface area contributed by atoms with Crippen molar-refractivity contribution in [1.29, 1.82) is 0 Å². The van der Waals surface area contributed by atoms with E-state index in [1.165, 1.54) is 6.07 Å². The molecule has 0 N–H and O–H groups in total. The molecule has 0 bridgehead atoms. The van der Waals surface area contributed by atoms with Crippen molar-refractivity contribution in [2.75, 3.05) is 7.11 Å². The maximum absolute atomic E-state index is 13.0. The number of benzene rings is 1. The van der Waals surface area contributed by atoms with Crippen molar-refractivity contribution in [1.82, 2.24) is 0 Å². The van der Waals surface area contributed by atoms with Gasteiger partial charge in [0.25, 0.3) is 4.92 Å². The largest absolute Gasteiger partial charge is 0.490 e. The molecule has 1 aliphatic carbocycles. The summed E-state index contributed by atoms with van der Waals surface area (Å²) in [6.07, 6.45) is 0.147. The molecule has 0 radical (unpaired) electrons. The van der Waals surface area contributed by atoms with Crippen molar-refractivity contribution in [2.45, 2.75) is 44.4 Å². The minimum atomic E-state index is -4.65. The predicted octanol–water partition coefficient (Wildman–Crippen LogP) is 4.39. The van der Waals surface area contributed by atoms with Crippen LogP contribution in [0.2, 0.25) is 0 Å². The van der Waals surface area contributed by atoms with Gasteiger partial charge in [0.05, 0.1) is 11.0 Å². The SMILES string of the molecule is CO[N+](=O)c1ccc(OC2CCCCC2)cc1C(F)(F)F. The normalized spacial score (nSPS) is 16.6. The number of halogens is 3. The maximum Gasteiger partial charge on any atom is 0.423 e. The van der Waals surface area contributed by atoms with E-state index in [-0.39, 0.29) is 16.8 Å². The minimum Gasteiger partial charge on any atom is -0.490 e. The lowest BCUT2D eigenvalue weighted by molar-refractivity contribution is -0.737. The highest BCUT2D eigenvalue weighted by atomic mass is 19.4. The first-order valence-electron chi connectivity index (χ1n) is 6.81. The van der Waals surface area contributed by atoms with Crippen LogP contribution in [0.3, 0.4) is 0 Å². The molecule has 1 saturated carbocycles. The molecule has 7 heteroatoms. The molecule has 1 aliphatic rings. The number of hydrogen-bond acceptors (Lipinski definition) is 3. The van der Waals surface area contributed by atoms with Gasteiger partial charge in [-0.05, 0) is 37.8 Å². The van der Waals surface area contributed by atoms with Gasteiger partial charge in [-0.25, -0.2) is 4.84 Å². The first kappa shape index (κ1) is 15.6. The van der Waals surface area contributed by atoms with Crippen LogP contribution in [0.4, 0.5) is 18.9 Å². The van der Waals surface area contributed by atoms with E-state index in [9.17, 15) is 18.1 Å². The molecule has 0 heterocycles. The second-order valence-electron chi connectivity index (χ2n) is 4.99. The zero-order valence-corrected chi connectivity index (χ0v) is 11.7. The van der Waals surface area contributed by atoms with E-state index < -0.39 is 17.4 Å². The van der Waals surface area contributed by atoms with E-state index in [0.29, 0.717) is 0 Å². The van der Waals surface area contributed by atoms with Crippen molar-refractivity contribution < 1.29 is 27.7 Å². The standard InChI is InChI=1S/C14H17F3NO3/c1-20-18(19)13-8-7-11(9-12(13)14(15,16)17)21-10-5-3-2-4-6-10/h7-10H,2-6H2,1H3/q+1. The molecule has 0 saturated heterocycles. The van der Waals surface area contributed by atoms with E-state index in [1.54, 1.807) is 0 Å². The zero-order chi connectivity index (χ0) is 15.5. The van der Waals surface area contributed by atoms with Crippen molar-refractivity contribution in [2.24, 2.45) is 0 Å². The van der Waals surface area contributed by atoms with Crippen molar-refractivity contribution in [3.05, 3.63) is 28.7 Å². The van der Waals surface area contributed by atoms with Gasteiger partial charge in [0.1, 0.15) is 11.3 Å². The molecule has 1 aromatic carbocycles. The van der Waals surface area contributed by atoms with E-state index in [0.717, 1.165) is 51.3 Å². The monoisotopic (exact) mass is 304 g/mol. The molecular formula is C14H17F3NO3+. The smallest absolute Gasteiger partial charge is 0.423 e. The highest BCUT2D eigenvalue weighted by Crippen LogP contribution is 2.38. The molecule has 4 nitrogen and oxygen atoms in total. The molecule has 0 aromatic heterocycles. The number of alkyl halides is 3. The third kappa shape index (κ3) is 3.86. The minimum absolute atomic E-state index is 0.0588. The third-order valence-corrected chi connectivity index (χ3v) is 3.49.